The van der Waals surface area contributed by atoms with E-state index >= 15 is 0 Å². The normalized spacial score (nSPS) is 20.4. The molecule has 2 saturated carbocycles. The quantitative estimate of drug-likeness (QED) is 0.798. The molecule has 0 radical (unpaired) electrons. The van der Waals surface area contributed by atoms with E-state index in [4.69, 9.17) is 0 Å². The number of carbonyl (C=O) groups excluding carboxylic acids is 1. The van der Waals surface area contributed by atoms with Gasteiger partial charge in [-0.05, 0) is 63.1 Å². The second kappa shape index (κ2) is 6.98. The smallest absolute Gasteiger partial charge is 0.352 e. The van der Waals surface area contributed by atoms with Crippen molar-refractivity contribution >= 4 is 5.91 Å². The highest BCUT2D eigenvalue weighted by Gasteiger charge is 2.36. The molecule has 0 heterocycles. The zero-order chi connectivity index (χ0) is 18.2. The van der Waals surface area contributed by atoms with Gasteiger partial charge in [0, 0.05) is 18.1 Å². The summed E-state index contributed by atoms with van der Waals surface area (Å²) in [6.07, 6.45) is -0.0381. The van der Waals surface area contributed by atoms with Gasteiger partial charge in [-0.25, -0.2) is 0 Å². The van der Waals surface area contributed by atoms with Gasteiger partial charge in [-0.3, -0.25) is 9.69 Å². The molecule has 1 aromatic rings. The third kappa shape index (κ3) is 4.75. The van der Waals surface area contributed by atoms with Gasteiger partial charge >= 0.3 is 6.18 Å². The molecule has 0 saturated heterocycles. The minimum Gasteiger partial charge on any atom is -0.352 e. The van der Waals surface area contributed by atoms with Crippen LogP contribution in [0.25, 0.3) is 0 Å². The van der Waals surface area contributed by atoms with E-state index in [0.29, 0.717) is 11.5 Å². The maximum atomic E-state index is 13.0. The zero-order valence-corrected chi connectivity index (χ0v) is 14.6. The Kier molecular flexibility index (Phi) is 5.09. The molecule has 1 N–H and O–H groups in total. The van der Waals surface area contributed by atoms with Crippen LogP contribution >= 0.6 is 0 Å². The van der Waals surface area contributed by atoms with Gasteiger partial charge in [0.05, 0.1) is 12.1 Å². The van der Waals surface area contributed by atoms with E-state index in [1.54, 1.807) is 6.07 Å². The van der Waals surface area contributed by atoms with Crippen LogP contribution in [0.15, 0.2) is 24.3 Å². The van der Waals surface area contributed by atoms with Crippen LogP contribution in [0.4, 0.5) is 13.2 Å². The highest BCUT2D eigenvalue weighted by atomic mass is 19.4. The average Bonchev–Trinajstić information content (AvgIpc) is 3.43. The average molecular weight is 354 g/mol. The van der Waals surface area contributed by atoms with Crippen molar-refractivity contribution in [3.05, 3.63) is 35.4 Å². The van der Waals surface area contributed by atoms with Gasteiger partial charge in [0.15, 0.2) is 0 Å². The molecule has 0 aromatic heterocycles. The van der Waals surface area contributed by atoms with E-state index in [0.717, 1.165) is 31.7 Å². The van der Waals surface area contributed by atoms with Gasteiger partial charge < -0.3 is 5.32 Å². The predicted octanol–water partition coefficient (Wildman–Crippen LogP) is 4.15. The van der Waals surface area contributed by atoms with Crippen LogP contribution in [0.2, 0.25) is 0 Å². The Hall–Kier alpha value is -1.56. The molecule has 2 aliphatic carbocycles. The second-order valence-electron chi connectivity index (χ2n) is 7.40. The Balaban J connectivity index is 1.68. The number of amides is 1. The van der Waals surface area contributed by atoms with Crippen LogP contribution in [0, 0.1) is 5.92 Å². The number of halogens is 3. The van der Waals surface area contributed by atoms with Crippen LogP contribution in [0.5, 0.6) is 0 Å². The van der Waals surface area contributed by atoms with Gasteiger partial charge in [-0.2, -0.15) is 13.2 Å². The molecule has 0 spiro atoms. The summed E-state index contributed by atoms with van der Waals surface area (Å²) in [6.45, 7) is 4.14. The molecule has 25 heavy (non-hydrogen) atoms. The van der Waals surface area contributed by atoms with Crippen molar-refractivity contribution in [1.29, 1.82) is 0 Å². The van der Waals surface area contributed by atoms with Gasteiger partial charge in [0.25, 0.3) is 0 Å². The molecule has 138 valence electrons. The third-order valence-electron chi connectivity index (χ3n) is 5.25. The predicted molar refractivity (Wildman–Crippen MR) is 89.9 cm³/mol. The Bertz CT molecular complexity index is 623. The van der Waals surface area contributed by atoms with Gasteiger partial charge in [0.2, 0.25) is 5.91 Å². The minimum absolute atomic E-state index is 0.0369. The Morgan fingerprint density at radius 2 is 1.92 bits per heavy atom. The summed E-state index contributed by atoms with van der Waals surface area (Å²) in [7, 11) is 0. The number of rotatable bonds is 7. The molecule has 2 unspecified atom stereocenters. The number of nitrogens with zero attached hydrogens (tertiary/aromatic N) is 1. The first-order valence-corrected chi connectivity index (χ1v) is 8.98. The number of carbonyl (C=O) groups is 1. The lowest BCUT2D eigenvalue weighted by molar-refractivity contribution is -0.137. The number of hydrogen-bond donors (Lipinski definition) is 1. The maximum Gasteiger partial charge on any atom is 0.416 e. The third-order valence-corrected chi connectivity index (χ3v) is 5.25. The van der Waals surface area contributed by atoms with Crippen LogP contribution in [0.1, 0.15) is 56.7 Å². The van der Waals surface area contributed by atoms with Gasteiger partial charge in [-0.1, -0.05) is 12.1 Å². The largest absolute Gasteiger partial charge is 0.416 e. The molecule has 2 fully saturated rings. The van der Waals surface area contributed by atoms with Crippen molar-refractivity contribution in [2.75, 3.05) is 6.54 Å². The maximum absolute atomic E-state index is 13.0. The molecular weight excluding hydrogens is 329 g/mol. The monoisotopic (exact) mass is 354 g/mol. The minimum atomic E-state index is -4.35. The zero-order valence-electron chi connectivity index (χ0n) is 14.6. The van der Waals surface area contributed by atoms with E-state index in [2.05, 4.69) is 5.32 Å². The lowest BCUT2D eigenvalue weighted by atomic mass is 10.0. The summed E-state index contributed by atoms with van der Waals surface area (Å²) in [4.78, 5) is 14.4. The fraction of sp³-hybridized carbons (Fsp3) is 0.632. The van der Waals surface area contributed by atoms with Crippen molar-refractivity contribution in [2.24, 2.45) is 5.92 Å². The molecule has 1 aromatic carbocycles. The van der Waals surface area contributed by atoms with Crippen LogP contribution < -0.4 is 5.32 Å². The Morgan fingerprint density at radius 1 is 1.24 bits per heavy atom. The summed E-state index contributed by atoms with van der Waals surface area (Å²) in [5.41, 5.74) is -0.0378. The Morgan fingerprint density at radius 3 is 2.48 bits per heavy atom. The molecule has 3 nitrogen and oxygen atoms in total. The summed E-state index contributed by atoms with van der Waals surface area (Å²) in [6, 6.07) is 5.67. The number of alkyl halides is 3. The van der Waals surface area contributed by atoms with E-state index < -0.39 is 11.7 Å². The number of benzene rings is 1. The Labute approximate surface area is 146 Å². The molecule has 0 bridgehead atoms. The first-order valence-electron chi connectivity index (χ1n) is 8.98. The van der Waals surface area contributed by atoms with Crippen molar-refractivity contribution in [3.63, 3.8) is 0 Å². The summed E-state index contributed by atoms with van der Waals surface area (Å²) in [5.74, 6) is 0.546. The fourth-order valence-corrected chi connectivity index (χ4v) is 3.33. The van der Waals surface area contributed by atoms with E-state index in [1.165, 1.54) is 12.1 Å². The molecule has 1 amide bonds. The molecular formula is C19H25F3N2O. The summed E-state index contributed by atoms with van der Waals surface area (Å²) in [5, 5.41) is 3.04. The first kappa shape index (κ1) is 18.2. The van der Waals surface area contributed by atoms with Crippen molar-refractivity contribution in [1.82, 2.24) is 10.2 Å². The molecule has 2 aliphatic rings. The van der Waals surface area contributed by atoms with Crippen molar-refractivity contribution < 1.29 is 18.0 Å². The highest BCUT2D eigenvalue weighted by Crippen LogP contribution is 2.36. The van der Waals surface area contributed by atoms with Gasteiger partial charge in [0.1, 0.15) is 0 Å². The highest BCUT2D eigenvalue weighted by molar-refractivity contribution is 5.78. The molecule has 0 aliphatic heterocycles. The van der Waals surface area contributed by atoms with E-state index in [1.807, 2.05) is 18.7 Å². The van der Waals surface area contributed by atoms with E-state index in [9.17, 15) is 18.0 Å². The van der Waals surface area contributed by atoms with Gasteiger partial charge in [-0.15, -0.1) is 0 Å². The van der Waals surface area contributed by atoms with Crippen molar-refractivity contribution in [3.8, 4) is 0 Å². The summed E-state index contributed by atoms with van der Waals surface area (Å²) >= 11 is 0. The SMILES string of the molecule is CC(NC(=O)CN(C1CC1)C(C)c1cccc(C(F)(F)F)c1)C1CC1. The second-order valence-corrected chi connectivity index (χ2v) is 7.40. The van der Waals surface area contributed by atoms with Crippen LogP contribution in [0.3, 0.4) is 0 Å². The molecule has 2 atom stereocenters. The first-order chi connectivity index (χ1) is 11.8. The lowest BCUT2D eigenvalue weighted by Crippen LogP contribution is -2.43. The standard InChI is InChI=1S/C19H25F3N2O/c1-12(14-6-7-14)23-18(25)11-24(17-8-9-17)13(2)15-4-3-5-16(10-15)19(20,21)22/h3-5,10,12-14,17H,6-9,11H2,1-2H3,(H,23,25). The fourth-order valence-electron chi connectivity index (χ4n) is 3.33. The van der Waals surface area contributed by atoms with Crippen LogP contribution in [-0.4, -0.2) is 29.4 Å². The van der Waals surface area contributed by atoms with Crippen LogP contribution in [-0.2, 0) is 11.0 Å². The topological polar surface area (TPSA) is 32.3 Å². The van der Waals surface area contributed by atoms with E-state index in [-0.39, 0.29) is 30.6 Å². The summed E-state index contributed by atoms with van der Waals surface area (Å²) < 4.78 is 38.9. The number of nitrogens with one attached hydrogen (secondary N) is 1. The molecule has 3 rings (SSSR count). The van der Waals surface area contributed by atoms with Crippen molar-refractivity contribution in [2.45, 2.75) is 63.8 Å². The number of hydrogen-bond acceptors (Lipinski definition) is 2. The molecule has 6 heteroatoms. The lowest BCUT2D eigenvalue weighted by Gasteiger charge is -2.30.